The highest BCUT2D eigenvalue weighted by Gasteiger charge is 2.26. The van der Waals surface area contributed by atoms with Crippen molar-refractivity contribution in [1.29, 1.82) is 0 Å². The first-order valence-corrected chi connectivity index (χ1v) is 22.2. The molecule has 0 spiro atoms. The predicted octanol–water partition coefficient (Wildman–Crippen LogP) is 16.4. The minimum atomic E-state index is 0.580. The number of fused-ring (bicyclic) bond motifs is 5. The minimum Gasteiger partial charge on any atom is -0.456 e. The van der Waals surface area contributed by atoms with Gasteiger partial charge in [-0.05, 0) is 98.4 Å². The van der Waals surface area contributed by atoms with E-state index in [1.807, 2.05) is 60.7 Å². The molecule has 3 heterocycles. The monoisotopic (exact) mass is 843 g/mol. The second-order valence-corrected chi connectivity index (χ2v) is 16.7. The highest BCUT2D eigenvalue weighted by Crippen LogP contribution is 2.53. The molecule has 5 heteroatoms. The number of benzene rings is 10. The van der Waals surface area contributed by atoms with Crippen LogP contribution in [-0.4, -0.2) is 15.0 Å². The number of hydrogen-bond acceptors (Lipinski definition) is 5. The third kappa shape index (κ3) is 6.36. The average molecular weight is 844 g/mol. The van der Waals surface area contributed by atoms with Crippen molar-refractivity contribution in [2.24, 2.45) is 0 Å². The molecule has 0 saturated heterocycles. The Morgan fingerprint density at radius 3 is 1.62 bits per heavy atom. The van der Waals surface area contributed by atoms with Crippen molar-refractivity contribution in [2.45, 2.75) is 0 Å². The van der Waals surface area contributed by atoms with Crippen LogP contribution in [0.1, 0.15) is 0 Å². The van der Waals surface area contributed by atoms with Crippen LogP contribution in [0.4, 0.5) is 0 Å². The Balaban J connectivity index is 1.03. The highest BCUT2D eigenvalue weighted by molar-refractivity contribution is 6.08. The summed E-state index contributed by atoms with van der Waals surface area (Å²) in [6, 6.07) is 78.3. The largest absolute Gasteiger partial charge is 0.456 e. The van der Waals surface area contributed by atoms with Crippen LogP contribution in [0.25, 0.3) is 123 Å². The van der Waals surface area contributed by atoms with E-state index < -0.39 is 0 Å². The van der Waals surface area contributed by atoms with Crippen LogP contribution in [0, 0.1) is 0 Å². The minimum absolute atomic E-state index is 0.580. The zero-order chi connectivity index (χ0) is 43.6. The van der Waals surface area contributed by atoms with Crippen molar-refractivity contribution in [1.82, 2.24) is 15.0 Å². The molecule has 0 unspecified atom stereocenters. The van der Waals surface area contributed by atoms with Crippen LogP contribution in [0.2, 0.25) is 0 Å². The van der Waals surface area contributed by atoms with Crippen molar-refractivity contribution >= 4 is 32.7 Å². The molecule has 10 aromatic carbocycles. The SMILES string of the molecule is c1ccc(-c2cc(-c3cccc(-c4nc(-c5ccccc5)nc(-c5ccc6oc7ccccc7c6c5)n4)c3)c(-c3ccccc3)c(-c3cccc4c3Oc3cccc5cccc-4c35)c2)cc1. The van der Waals surface area contributed by atoms with Gasteiger partial charge < -0.3 is 9.15 Å². The summed E-state index contributed by atoms with van der Waals surface area (Å²) >= 11 is 0. The summed E-state index contributed by atoms with van der Waals surface area (Å²) in [5.74, 6) is 3.47. The molecule has 12 aromatic rings. The molecule has 0 N–H and O–H groups in total. The van der Waals surface area contributed by atoms with E-state index in [0.29, 0.717) is 17.5 Å². The maximum absolute atomic E-state index is 7.00. The zero-order valence-corrected chi connectivity index (χ0v) is 35.5. The summed E-state index contributed by atoms with van der Waals surface area (Å²) in [5, 5.41) is 4.36. The van der Waals surface area contributed by atoms with Crippen molar-refractivity contribution < 1.29 is 9.15 Å². The lowest BCUT2D eigenvalue weighted by Crippen LogP contribution is -2.01. The van der Waals surface area contributed by atoms with E-state index in [1.54, 1.807) is 0 Å². The lowest BCUT2D eigenvalue weighted by Gasteiger charge is -2.25. The van der Waals surface area contributed by atoms with Gasteiger partial charge in [0.15, 0.2) is 17.5 Å². The number of nitrogens with zero attached hydrogens (tertiary/aromatic N) is 3. The van der Waals surface area contributed by atoms with Crippen LogP contribution in [0.3, 0.4) is 0 Å². The molecule has 308 valence electrons. The molecule has 0 atom stereocenters. The molecule has 0 fully saturated rings. The lowest BCUT2D eigenvalue weighted by molar-refractivity contribution is 0.489. The van der Waals surface area contributed by atoms with Gasteiger partial charge in [0.25, 0.3) is 0 Å². The van der Waals surface area contributed by atoms with Crippen LogP contribution in [0.5, 0.6) is 11.5 Å². The molecule has 66 heavy (non-hydrogen) atoms. The van der Waals surface area contributed by atoms with E-state index in [1.165, 1.54) is 5.56 Å². The third-order valence-electron chi connectivity index (χ3n) is 12.7. The van der Waals surface area contributed by atoms with Gasteiger partial charge in [0.2, 0.25) is 0 Å². The number of aromatic nitrogens is 3. The summed E-state index contributed by atoms with van der Waals surface area (Å²) in [6.07, 6.45) is 0. The van der Waals surface area contributed by atoms with Crippen molar-refractivity contribution in [3.63, 3.8) is 0 Å². The van der Waals surface area contributed by atoms with Gasteiger partial charge in [-0.15, -0.1) is 0 Å². The Morgan fingerprint density at radius 2 is 0.848 bits per heavy atom. The molecular formula is C61H37N3O2. The highest BCUT2D eigenvalue weighted by atomic mass is 16.5. The van der Waals surface area contributed by atoms with Crippen LogP contribution in [0.15, 0.2) is 229 Å². The Kier molecular flexibility index (Phi) is 8.78. The van der Waals surface area contributed by atoms with E-state index in [2.05, 4.69) is 164 Å². The van der Waals surface area contributed by atoms with Gasteiger partial charge in [-0.3, -0.25) is 0 Å². The van der Waals surface area contributed by atoms with Gasteiger partial charge in [0.05, 0.1) is 0 Å². The second-order valence-electron chi connectivity index (χ2n) is 16.7. The van der Waals surface area contributed by atoms with Gasteiger partial charge in [-0.1, -0.05) is 176 Å². The summed E-state index contributed by atoms with van der Waals surface area (Å²) in [6.45, 7) is 0. The normalized spacial score (nSPS) is 11.8. The molecule has 1 aliphatic heterocycles. The molecule has 1 aliphatic rings. The summed E-state index contributed by atoms with van der Waals surface area (Å²) in [4.78, 5) is 15.5. The summed E-state index contributed by atoms with van der Waals surface area (Å²) in [5.41, 5.74) is 15.2. The maximum atomic E-state index is 7.00. The molecule has 0 aliphatic carbocycles. The van der Waals surface area contributed by atoms with Crippen molar-refractivity contribution in [3.8, 4) is 101 Å². The first-order chi connectivity index (χ1) is 32.7. The molecule has 0 saturated carbocycles. The van der Waals surface area contributed by atoms with Crippen LogP contribution < -0.4 is 4.74 Å². The van der Waals surface area contributed by atoms with E-state index >= 15 is 0 Å². The Labute approximate surface area is 380 Å². The van der Waals surface area contributed by atoms with Gasteiger partial charge in [-0.2, -0.15) is 0 Å². The molecule has 0 radical (unpaired) electrons. The van der Waals surface area contributed by atoms with Crippen LogP contribution in [-0.2, 0) is 0 Å². The third-order valence-corrected chi connectivity index (χ3v) is 12.7. The smallest absolute Gasteiger partial charge is 0.164 e. The molecule has 0 amide bonds. The fraction of sp³-hybridized carbons (Fsp3) is 0. The topological polar surface area (TPSA) is 61.0 Å². The van der Waals surface area contributed by atoms with Gasteiger partial charge in [-0.25, -0.2) is 15.0 Å². The van der Waals surface area contributed by atoms with Gasteiger partial charge in [0, 0.05) is 44.0 Å². The Morgan fingerprint density at radius 1 is 0.303 bits per heavy atom. The average Bonchev–Trinajstić information content (AvgIpc) is 3.77. The molecule has 0 bridgehead atoms. The maximum Gasteiger partial charge on any atom is 0.164 e. The fourth-order valence-electron chi connectivity index (χ4n) is 9.63. The van der Waals surface area contributed by atoms with Crippen molar-refractivity contribution in [2.75, 3.05) is 0 Å². The van der Waals surface area contributed by atoms with E-state index in [-0.39, 0.29) is 0 Å². The molecular weight excluding hydrogens is 807 g/mol. The number of hydrogen-bond donors (Lipinski definition) is 0. The number of furan rings is 1. The van der Waals surface area contributed by atoms with E-state index in [9.17, 15) is 0 Å². The Hall–Kier alpha value is -8.93. The van der Waals surface area contributed by atoms with E-state index in [0.717, 1.165) is 111 Å². The summed E-state index contributed by atoms with van der Waals surface area (Å²) in [7, 11) is 0. The number of rotatable bonds is 7. The van der Waals surface area contributed by atoms with Crippen molar-refractivity contribution in [3.05, 3.63) is 224 Å². The predicted molar refractivity (Wildman–Crippen MR) is 268 cm³/mol. The zero-order valence-electron chi connectivity index (χ0n) is 35.5. The molecule has 13 rings (SSSR count). The van der Waals surface area contributed by atoms with Gasteiger partial charge in [0.1, 0.15) is 22.7 Å². The quantitative estimate of drug-likeness (QED) is 0.160. The van der Waals surface area contributed by atoms with Gasteiger partial charge >= 0.3 is 0 Å². The summed E-state index contributed by atoms with van der Waals surface area (Å²) < 4.78 is 13.2. The first kappa shape index (κ1) is 37.6. The fourth-order valence-corrected chi connectivity index (χ4v) is 9.63. The molecule has 2 aromatic heterocycles. The lowest BCUT2D eigenvalue weighted by atomic mass is 9.83. The Bertz CT molecular complexity index is 3840. The number of ether oxygens (including phenoxy) is 1. The van der Waals surface area contributed by atoms with Crippen LogP contribution >= 0.6 is 0 Å². The molecule has 5 nitrogen and oxygen atoms in total. The van der Waals surface area contributed by atoms with E-state index in [4.69, 9.17) is 24.1 Å². The number of para-hydroxylation sites is 2. The standard InChI is InChI=1S/C61H37N3O2/c1-4-16-38(17-5-1)45-36-50(56(39-18-6-2-7-19-39)52(37-45)49-29-15-28-48-47-27-13-22-40-23-14-31-55(57(40)47)66-58(48)49)42-24-12-25-43(34-42)60-62-59(41-20-8-3-9-21-41)63-61(64-60)44-32-33-54-51(35-44)46-26-10-11-30-53(46)65-54/h1-37H. The first-order valence-electron chi connectivity index (χ1n) is 22.2. The second kappa shape index (κ2) is 15.4.